The minimum atomic E-state index is -1.95. The number of halogens is 1. The summed E-state index contributed by atoms with van der Waals surface area (Å²) in [5.74, 6) is -0.563. The number of nitrogens with one attached hydrogen (secondary N) is 1. The highest BCUT2D eigenvalue weighted by atomic mass is 35.5. The van der Waals surface area contributed by atoms with Gasteiger partial charge in [0, 0.05) is 16.1 Å². The lowest BCUT2D eigenvalue weighted by Gasteiger charge is -2.21. The minimum absolute atomic E-state index is 0.268. The van der Waals surface area contributed by atoms with Gasteiger partial charge >= 0.3 is 0 Å². The summed E-state index contributed by atoms with van der Waals surface area (Å²) >= 11 is 6.21. The molecule has 25 heavy (non-hydrogen) atoms. The molecule has 0 aromatic heterocycles. The highest BCUT2D eigenvalue weighted by Gasteiger charge is 2.48. The van der Waals surface area contributed by atoms with Crippen molar-refractivity contribution in [2.75, 3.05) is 5.32 Å². The lowest BCUT2D eigenvalue weighted by Crippen LogP contribution is -2.36. The Kier molecular flexibility index (Phi) is 4.43. The molecule has 0 bridgehead atoms. The van der Waals surface area contributed by atoms with Gasteiger partial charge in [0.15, 0.2) is 11.4 Å². The molecule has 0 saturated carbocycles. The summed E-state index contributed by atoms with van der Waals surface area (Å²) in [7, 11) is 0. The minimum Gasteiger partial charge on any atom is -0.375 e. The standard InChI is InChI=1S/C20H20ClNO3/c1-11(2)13-5-7-14(8-6-13)16(23)10-20(25)17-15(21)9-4-12(3)18(17)22-19(20)24/h4-9,11,25H,10H2,1-3H3,(H,22,24)/t20-/m1/s1. The fraction of sp³-hybridized carbons (Fsp3) is 0.300. The summed E-state index contributed by atoms with van der Waals surface area (Å²) in [6.07, 6.45) is -0.351. The van der Waals surface area contributed by atoms with E-state index in [-0.39, 0.29) is 22.8 Å². The number of aryl methyl sites for hydroxylation is 1. The fourth-order valence-corrected chi connectivity index (χ4v) is 3.45. The molecular weight excluding hydrogens is 338 g/mol. The third-order valence-electron chi connectivity index (χ3n) is 4.71. The van der Waals surface area contributed by atoms with Crippen molar-refractivity contribution in [2.45, 2.75) is 38.7 Å². The van der Waals surface area contributed by atoms with E-state index in [0.29, 0.717) is 17.2 Å². The Bertz CT molecular complexity index is 858. The number of aliphatic hydroxyl groups is 1. The zero-order valence-electron chi connectivity index (χ0n) is 14.4. The Hall–Kier alpha value is -2.17. The lowest BCUT2D eigenvalue weighted by atomic mass is 9.87. The highest BCUT2D eigenvalue weighted by Crippen LogP contribution is 2.44. The normalized spacial score (nSPS) is 19.0. The number of benzene rings is 2. The number of amides is 1. The van der Waals surface area contributed by atoms with Crippen LogP contribution in [-0.2, 0) is 10.4 Å². The number of carbonyl (C=O) groups is 2. The van der Waals surface area contributed by atoms with Gasteiger partial charge in [0.05, 0.1) is 12.1 Å². The Morgan fingerprint density at radius 1 is 1.20 bits per heavy atom. The number of rotatable bonds is 4. The Labute approximate surface area is 151 Å². The molecule has 1 heterocycles. The molecule has 130 valence electrons. The Morgan fingerprint density at radius 3 is 2.44 bits per heavy atom. The number of hydrogen-bond donors (Lipinski definition) is 2. The Balaban J connectivity index is 1.94. The first-order valence-electron chi connectivity index (χ1n) is 8.20. The average Bonchev–Trinajstić information content (AvgIpc) is 2.83. The molecule has 3 rings (SSSR count). The molecule has 1 atom stereocenters. The molecule has 0 radical (unpaired) electrons. The molecule has 0 spiro atoms. The van der Waals surface area contributed by atoms with Gasteiger partial charge in [0.25, 0.3) is 5.91 Å². The number of hydrogen-bond acceptors (Lipinski definition) is 3. The van der Waals surface area contributed by atoms with Crippen molar-refractivity contribution >= 4 is 29.0 Å². The van der Waals surface area contributed by atoms with Crippen LogP contribution in [-0.4, -0.2) is 16.8 Å². The molecule has 1 amide bonds. The van der Waals surface area contributed by atoms with E-state index in [2.05, 4.69) is 19.2 Å². The molecule has 2 N–H and O–H groups in total. The fourth-order valence-electron chi connectivity index (χ4n) is 3.13. The van der Waals surface area contributed by atoms with E-state index in [1.165, 1.54) is 0 Å². The van der Waals surface area contributed by atoms with Gasteiger partial charge in [-0.25, -0.2) is 0 Å². The third kappa shape index (κ3) is 2.96. The van der Waals surface area contributed by atoms with Gasteiger partial charge in [-0.2, -0.15) is 0 Å². The number of anilines is 1. The summed E-state index contributed by atoms with van der Waals surface area (Å²) in [6, 6.07) is 10.6. The van der Waals surface area contributed by atoms with Gasteiger partial charge in [0.1, 0.15) is 0 Å². The van der Waals surface area contributed by atoms with Gasteiger partial charge in [-0.15, -0.1) is 0 Å². The second-order valence-electron chi connectivity index (χ2n) is 6.81. The predicted octanol–water partition coefficient (Wildman–Crippen LogP) is 4.18. The van der Waals surface area contributed by atoms with Crippen LogP contribution in [0.3, 0.4) is 0 Å². The van der Waals surface area contributed by atoms with Crippen LogP contribution in [0.2, 0.25) is 5.02 Å². The van der Waals surface area contributed by atoms with Crippen LogP contribution in [0.25, 0.3) is 0 Å². The van der Waals surface area contributed by atoms with Crippen molar-refractivity contribution in [1.29, 1.82) is 0 Å². The van der Waals surface area contributed by atoms with Crippen LogP contribution in [0, 0.1) is 6.92 Å². The molecule has 0 saturated heterocycles. The first-order valence-corrected chi connectivity index (χ1v) is 8.58. The van der Waals surface area contributed by atoms with Crippen LogP contribution in [0.1, 0.15) is 53.2 Å². The van der Waals surface area contributed by atoms with Crippen molar-refractivity contribution in [3.63, 3.8) is 0 Å². The maximum Gasteiger partial charge on any atom is 0.261 e. The molecule has 4 nitrogen and oxygen atoms in total. The topological polar surface area (TPSA) is 66.4 Å². The van der Waals surface area contributed by atoms with E-state index in [9.17, 15) is 14.7 Å². The summed E-state index contributed by atoms with van der Waals surface area (Å²) in [5, 5.41) is 13.9. The van der Waals surface area contributed by atoms with Crippen LogP contribution in [0.15, 0.2) is 36.4 Å². The van der Waals surface area contributed by atoms with Gasteiger partial charge in [-0.1, -0.05) is 55.8 Å². The van der Waals surface area contributed by atoms with Crippen LogP contribution < -0.4 is 5.32 Å². The number of carbonyl (C=O) groups excluding carboxylic acids is 2. The SMILES string of the molecule is Cc1ccc(Cl)c2c1NC(=O)[C@@]2(O)CC(=O)c1ccc(C(C)C)cc1. The van der Waals surface area contributed by atoms with Gasteiger partial charge in [0.2, 0.25) is 0 Å². The summed E-state index contributed by atoms with van der Waals surface area (Å²) in [4.78, 5) is 25.1. The molecule has 0 aliphatic carbocycles. The molecule has 1 aliphatic rings. The van der Waals surface area contributed by atoms with E-state index in [0.717, 1.165) is 11.1 Å². The maximum absolute atomic E-state index is 12.7. The molecule has 2 aromatic carbocycles. The third-order valence-corrected chi connectivity index (χ3v) is 5.02. The van der Waals surface area contributed by atoms with Gasteiger partial charge in [-0.3, -0.25) is 9.59 Å². The second kappa shape index (κ2) is 6.28. The highest BCUT2D eigenvalue weighted by molar-refractivity contribution is 6.33. The van der Waals surface area contributed by atoms with Crippen LogP contribution >= 0.6 is 11.6 Å². The van der Waals surface area contributed by atoms with Gasteiger partial charge in [-0.05, 0) is 30.0 Å². The monoisotopic (exact) mass is 357 g/mol. The smallest absolute Gasteiger partial charge is 0.261 e. The second-order valence-corrected chi connectivity index (χ2v) is 7.21. The van der Waals surface area contributed by atoms with Crippen LogP contribution in [0.5, 0.6) is 0 Å². The predicted molar refractivity (Wildman–Crippen MR) is 98.2 cm³/mol. The molecule has 5 heteroatoms. The van der Waals surface area contributed by atoms with Gasteiger partial charge < -0.3 is 10.4 Å². The lowest BCUT2D eigenvalue weighted by molar-refractivity contribution is -0.133. The van der Waals surface area contributed by atoms with E-state index in [1.54, 1.807) is 24.3 Å². The molecule has 2 aromatic rings. The maximum atomic E-state index is 12.7. The van der Waals surface area contributed by atoms with Crippen molar-refractivity contribution in [1.82, 2.24) is 0 Å². The first kappa shape index (κ1) is 17.6. The largest absolute Gasteiger partial charge is 0.375 e. The van der Waals surface area contributed by atoms with E-state index < -0.39 is 11.5 Å². The van der Waals surface area contributed by atoms with Crippen molar-refractivity contribution in [2.24, 2.45) is 0 Å². The quantitative estimate of drug-likeness (QED) is 0.806. The first-order chi connectivity index (χ1) is 11.7. The average molecular weight is 358 g/mol. The summed E-state index contributed by atoms with van der Waals surface area (Å²) < 4.78 is 0. The van der Waals surface area contributed by atoms with Crippen molar-refractivity contribution < 1.29 is 14.7 Å². The van der Waals surface area contributed by atoms with Crippen LogP contribution in [0.4, 0.5) is 5.69 Å². The van der Waals surface area contributed by atoms with E-state index in [4.69, 9.17) is 11.6 Å². The van der Waals surface area contributed by atoms with Crippen molar-refractivity contribution in [3.05, 3.63) is 63.7 Å². The molecule has 1 aliphatic heterocycles. The number of Topliss-reactive ketones (excluding diaryl/α,β-unsaturated/α-hetero) is 1. The van der Waals surface area contributed by atoms with Crippen molar-refractivity contribution in [3.8, 4) is 0 Å². The van der Waals surface area contributed by atoms with E-state index in [1.807, 2.05) is 19.1 Å². The number of ketones is 1. The Morgan fingerprint density at radius 2 is 1.84 bits per heavy atom. The van der Waals surface area contributed by atoms with E-state index >= 15 is 0 Å². The zero-order valence-corrected chi connectivity index (χ0v) is 15.1. The summed E-state index contributed by atoms with van der Waals surface area (Å²) in [6.45, 7) is 5.96. The number of fused-ring (bicyclic) bond motifs is 1. The summed E-state index contributed by atoms with van der Waals surface area (Å²) in [5.41, 5.74) is 1.19. The molecular formula is C20H20ClNO3. The molecule has 0 fully saturated rings. The zero-order chi connectivity index (χ0) is 18.4. The molecule has 0 unspecified atom stereocenters.